The predicted molar refractivity (Wildman–Crippen MR) is 89.8 cm³/mol. The van der Waals surface area contributed by atoms with Crippen molar-refractivity contribution in [3.05, 3.63) is 45.4 Å². The van der Waals surface area contributed by atoms with Gasteiger partial charge in [0.2, 0.25) is 0 Å². The Kier molecular flexibility index (Phi) is 6.36. The van der Waals surface area contributed by atoms with Crippen LogP contribution in [0.2, 0.25) is 5.02 Å². The Bertz CT molecular complexity index is 542. The molecule has 1 aromatic carbocycles. The summed E-state index contributed by atoms with van der Waals surface area (Å²) in [5.41, 5.74) is 0. The zero-order valence-corrected chi connectivity index (χ0v) is 14.1. The number of benzene rings is 1. The Labute approximate surface area is 134 Å². The highest BCUT2D eigenvalue weighted by Crippen LogP contribution is 2.28. The normalized spacial score (nSPS) is 12.6. The molecule has 108 valence electrons. The van der Waals surface area contributed by atoms with Crippen molar-refractivity contribution < 1.29 is 0 Å². The number of hydrogen-bond donors (Lipinski definition) is 1. The Morgan fingerprint density at radius 3 is 3.05 bits per heavy atom. The van der Waals surface area contributed by atoms with Crippen LogP contribution in [0.4, 0.5) is 0 Å². The molecule has 0 bridgehead atoms. The molecule has 0 aliphatic rings. The van der Waals surface area contributed by atoms with Crippen molar-refractivity contribution in [1.29, 1.82) is 0 Å². The molecule has 2 nitrogen and oxygen atoms in total. The van der Waals surface area contributed by atoms with Crippen LogP contribution in [-0.2, 0) is 5.75 Å². The highest BCUT2D eigenvalue weighted by molar-refractivity contribution is 7.98. The summed E-state index contributed by atoms with van der Waals surface area (Å²) in [4.78, 5) is 7.00. The maximum Gasteiger partial charge on any atom is 0.103 e. The Morgan fingerprint density at radius 2 is 2.30 bits per heavy atom. The second-order valence-corrected chi connectivity index (χ2v) is 7.21. The van der Waals surface area contributed by atoms with E-state index in [-0.39, 0.29) is 0 Å². The number of halogens is 1. The first-order valence-electron chi connectivity index (χ1n) is 6.75. The third-order valence-electron chi connectivity index (χ3n) is 2.86. The lowest BCUT2D eigenvalue weighted by Crippen LogP contribution is -2.18. The zero-order valence-electron chi connectivity index (χ0n) is 11.7. The van der Waals surface area contributed by atoms with E-state index in [0.717, 1.165) is 28.7 Å². The van der Waals surface area contributed by atoms with Gasteiger partial charge in [0.15, 0.2) is 0 Å². The minimum absolute atomic E-state index is 0.386. The average molecular weight is 327 g/mol. The van der Waals surface area contributed by atoms with E-state index in [0.29, 0.717) is 6.04 Å². The van der Waals surface area contributed by atoms with E-state index < -0.39 is 0 Å². The summed E-state index contributed by atoms with van der Waals surface area (Å²) >= 11 is 9.55. The second kappa shape index (κ2) is 8.03. The maximum atomic E-state index is 5.99. The summed E-state index contributed by atoms with van der Waals surface area (Å²) < 4.78 is 0. The molecule has 1 atom stereocenters. The van der Waals surface area contributed by atoms with Crippen molar-refractivity contribution in [2.45, 2.75) is 37.0 Å². The van der Waals surface area contributed by atoms with E-state index in [1.807, 2.05) is 24.4 Å². The lowest BCUT2D eigenvalue weighted by atomic mass is 10.3. The maximum absolute atomic E-state index is 5.99. The lowest BCUT2D eigenvalue weighted by molar-refractivity contribution is 0.577. The first-order valence-corrected chi connectivity index (χ1v) is 8.93. The predicted octanol–water partition coefficient (Wildman–Crippen LogP) is 5.15. The number of nitrogens with one attached hydrogen (secondary N) is 1. The molecule has 1 aromatic heterocycles. The highest BCUT2D eigenvalue weighted by atomic mass is 35.5. The van der Waals surface area contributed by atoms with Crippen molar-refractivity contribution in [3.8, 4) is 0 Å². The third kappa shape index (κ3) is 4.77. The third-order valence-corrected chi connectivity index (χ3v) is 5.46. The van der Waals surface area contributed by atoms with Crippen LogP contribution >= 0.6 is 34.7 Å². The fourth-order valence-corrected chi connectivity index (χ4v) is 3.91. The van der Waals surface area contributed by atoms with E-state index in [9.17, 15) is 0 Å². The summed E-state index contributed by atoms with van der Waals surface area (Å²) in [6, 6.07) is 8.34. The van der Waals surface area contributed by atoms with E-state index in [1.165, 1.54) is 9.77 Å². The van der Waals surface area contributed by atoms with Crippen LogP contribution in [0.1, 0.15) is 36.2 Å². The number of hydrogen-bond acceptors (Lipinski definition) is 4. The standard InChI is InChI=1S/C15H19ClN2S2/c1-3-7-17-11(2)14-9-18-15(20-14)10-19-13-6-4-5-12(16)8-13/h4-6,8-9,11,17H,3,7,10H2,1-2H3. The zero-order chi connectivity index (χ0) is 14.4. The molecule has 0 radical (unpaired) electrons. The van der Waals surface area contributed by atoms with Gasteiger partial charge in [0.1, 0.15) is 5.01 Å². The summed E-state index contributed by atoms with van der Waals surface area (Å²) in [5.74, 6) is 0.894. The number of nitrogens with zero attached hydrogens (tertiary/aromatic N) is 1. The average Bonchev–Trinajstić information content (AvgIpc) is 2.91. The molecule has 5 heteroatoms. The molecule has 0 amide bonds. The smallest absolute Gasteiger partial charge is 0.103 e. The Hall–Kier alpha value is -0.550. The van der Waals surface area contributed by atoms with Crippen LogP contribution in [0.15, 0.2) is 35.4 Å². The van der Waals surface area contributed by atoms with Crippen molar-refractivity contribution in [2.24, 2.45) is 0 Å². The number of thiazole rings is 1. The monoisotopic (exact) mass is 326 g/mol. The molecule has 0 saturated carbocycles. The molecule has 1 unspecified atom stereocenters. The molecule has 0 aliphatic heterocycles. The van der Waals surface area contributed by atoms with Gasteiger partial charge in [0, 0.05) is 27.0 Å². The molecule has 0 spiro atoms. The summed E-state index contributed by atoms with van der Waals surface area (Å²) in [6.45, 7) is 5.42. The molecule has 0 saturated heterocycles. The van der Waals surface area contributed by atoms with Gasteiger partial charge in [0.25, 0.3) is 0 Å². The second-order valence-electron chi connectivity index (χ2n) is 4.58. The van der Waals surface area contributed by atoms with Gasteiger partial charge in [-0.2, -0.15) is 0 Å². The van der Waals surface area contributed by atoms with Crippen LogP contribution in [0.3, 0.4) is 0 Å². The van der Waals surface area contributed by atoms with Crippen LogP contribution in [0.5, 0.6) is 0 Å². The molecule has 0 fully saturated rings. The molecule has 1 N–H and O–H groups in total. The number of aromatic nitrogens is 1. The molecule has 2 rings (SSSR count). The molecular formula is C15H19ClN2S2. The van der Waals surface area contributed by atoms with Gasteiger partial charge in [-0.25, -0.2) is 4.98 Å². The topological polar surface area (TPSA) is 24.9 Å². The summed E-state index contributed by atoms with van der Waals surface area (Å²) in [7, 11) is 0. The minimum Gasteiger partial charge on any atom is -0.309 e. The largest absolute Gasteiger partial charge is 0.309 e. The molecule has 0 aliphatic carbocycles. The molecule has 20 heavy (non-hydrogen) atoms. The fraction of sp³-hybridized carbons (Fsp3) is 0.400. The van der Waals surface area contributed by atoms with Crippen molar-refractivity contribution >= 4 is 34.7 Å². The van der Waals surface area contributed by atoms with E-state index in [2.05, 4.69) is 30.2 Å². The van der Waals surface area contributed by atoms with Crippen LogP contribution in [-0.4, -0.2) is 11.5 Å². The fourth-order valence-electron chi connectivity index (χ4n) is 1.75. The first-order chi connectivity index (χ1) is 9.69. The van der Waals surface area contributed by atoms with Crippen molar-refractivity contribution in [3.63, 3.8) is 0 Å². The van der Waals surface area contributed by atoms with Crippen molar-refractivity contribution in [1.82, 2.24) is 10.3 Å². The Balaban J connectivity index is 1.89. The van der Waals surface area contributed by atoms with Gasteiger partial charge < -0.3 is 5.32 Å². The summed E-state index contributed by atoms with van der Waals surface area (Å²) in [6.07, 6.45) is 3.15. The van der Waals surface area contributed by atoms with Crippen molar-refractivity contribution in [2.75, 3.05) is 6.54 Å². The van der Waals surface area contributed by atoms with Crippen LogP contribution in [0, 0.1) is 0 Å². The van der Waals surface area contributed by atoms with Gasteiger partial charge in [-0.3, -0.25) is 0 Å². The summed E-state index contributed by atoms with van der Waals surface area (Å²) in [5, 5.41) is 5.44. The van der Waals surface area contributed by atoms with Gasteiger partial charge in [-0.1, -0.05) is 24.6 Å². The van der Waals surface area contributed by atoms with E-state index in [1.54, 1.807) is 23.1 Å². The van der Waals surface area contributed by atoms with Gasteiger partial charge in [0.05, 0.1) is 5.75 Å². The molecular weight excluding hydrogens is 308 g/mol. The number of rotatable bonds is 7. The van der Waals surface area contributed by atoms with Gasteiger partial charge in [-0.15, -0.1) is 23.1 Å². The molecule has 2 aromatic rings. The number of thioether (sulfide) groups is 1. The van der Waals surface area contributed by atoms with Gasteiger partial charge in [-0.05, 0) is 38.1 Å². The highest BCUT2D eigenvalue weighted by Gasteiger charge is 2.09. The Morgan fingerprint density at radius 1 is 1.45 bits per heavy atom. The quantitative estimate of drug-likeness (QED) is 0.712. The lowest BCUT2D eigenvalue weighted by Gasteiger charge is -2.09. The van der Waals surface area contributed by atoms with E-state index >= 15 is 0 Å². The van der Waals surface area contributed by atoms with Crippen LogP contribution in [0.25, 0.3) is 0 Å². The first kappa shape index (κ1) is 15.8. The van der Waals surface area contributed by atoms with Crippen LogP contribution < -0.4 is 5.32 Å². The molecule has 1 heterocycles. The SMILES string of the molecule is CCCNC(C)c1cnc(CSc2cccc(Cl)c2)s1. The minimum atomic E-state index is 0.386. The van der Waals surface area contributed by atoms with Gasteiger partial charge >= 0.3 is 0 Å². The van der Waals surface area contributed by atoms with E-state index in [4.69, 9.17) is 11.6 Å².